The Morgan fingerprint density at radius 2 is 2.00 bits per heavy atom. The van der Waals surface area contributed by atoms with Crippen LogP contribution in [0.4, 0.5) is 5.69 Å². The molecular formula is C13H19BrN2O2S. The second-order valence-electron chi connectivity index (χ2n) is 4.95. The fourth-order valence-corrected chi connectivity index (χ4v) is 4.95. The molecule has 1 fully saturated rings. The standard InChI is InChI=1S/C13H19BrN2O2S/c1-2-10-5-7-16(8-6-10)19(17,18)13-4-3-11(15)9-12(13)14/h3-4,9-10H,2,5-8,15H2,1H3. The van der Waals surface area contributed by atoms with Gasteiger partial charge in [0.2, 0.25) is 10.0 Å². The van der Waals surface area contributed by atoms with Crippen molar-refractivity contribution in [3.63, 3.8) is 0 Å². The van der Waals surface area contributed by atoms with Crippen LogP contribution in [0.1, 0.15) is 26.2 Å². The lowest BCUT2D eigenvalue weighted by atomic mass is 9.96. The number of anilines is 1. The minimum Gasteiger partial charge on any atom is -0.399 e. The number of hydrogen-bond acceptors (Lipinski definition) is 3. The smallest absolute Gasteiger partial charge is 0.244 e. The topological polar surface area (TPSA) is 63.4 Å². The lowest BCUT2D eigenvalue weighted by Gasteiger charge is -2.30. The van der Waals surface area contributed by atoms with E-state index in [0.29, 0.717) is 34.1 Å². The molecule has 1 aromatic rings. The molecule has 1 heterocycles. The Balaban J connectivity index is 2.23. The molecule has 6 heteroatoms. The van der Waals surface area contributed by atoms with E-state index in [-0.39, 0.29) is 0 Å². The highest BCUT2D eigenvalue weighted by molar-refractivity contribution is 9.10. The van der Waals surface area contributed by atoms with Crippen molar-refractivity contribution in [1.82, 2.24) is 4.31 Å². The van der Waals surface area contributed by atoms with Crippen LogP contribution < -0.4 is 5.73 Å². The molecule has 2 N–H and O–H groups in total. The van der Waals surface area contributed by atoms with Crippen molar-refractivity contribution in [2.45, 2.75) is 31.1 Å². The molecule has 106 valence electrons. The van der Waals surface area contributed by atoms with Gasteiger partial charge in [-0.2, -0.15) is 4.31 Å². The van der Waals surface area contributed by atoms with Gasteiger partial charge in [-0.25, -0.2) is 8.42 Å². The summed E-state index contributed by atoms with van der Waals surface area (Å²) in [4.78, 5) is 0.302. The second kappa shape index (κ2) is 5.81. The van der Waals surface area contributed by atoms with Gasteiger partial charge in [0.05, 0.1) is 4.90 Å². The van der Waals surface area contributed by atoms with Gasteiger partial charge in [-0.3, -0.25) is 0 Å². The van der Waals surface area contributed by atoms with E-state index in [2.05, 4.69) is 22.9 Å². The van der Waals surface area contributed by atoms with Crippen molar-refractivity contribution in [2.75, 3.05) is 18.8 Å². The number of sulfonamides is 1. The average Bonchev–Trinajstić information content (AvgIpc) is 2.38. The van der Waals surface area contributed by atoms with Gasteiger partial charge in [-0.15, -0.1) is 0 Å². The molecule has 0 aromatic heterocycles. The van der Waals surface area contributed by atoms with Crippen LogP contribution in [0.3, 0.4) is 0 Å². The zero-order chi connectivity index (χ0) is 14.0. The maximum Gasteiger partial charge on any atom is 0.244 e. The van der Waals surface area contributed by atoms with Gasteiger partial charge in [0, 0.05) is 23.2 Å². The van der Waals surface area contributed by atoms with Gasteiger partial charge >= 0.3 is 0 Å². The summed E-state index contributed by atoms with van der Waals surface area (Å²) in [5.41, 5.74) is 6.20. The summed E-state index contributed by atoms with van der Waals surface area (Å²) in [5, 5.41) is 0. The number of hydrogen-bond donors (Lipinski definition) is 1. The molecule has 1 aliphatic rings. The van der Waals surface area contributed by atoms with Crippen LogP contribution in [0, 0.1) is 5.92 Å². The number of rotatable bonds is 3. The average molecular weight is 347 g/mol. The Morgan fingerprint density at radius 1 is 1.37 bits per heavy atom. The van der Waals surface area contributed by atoms with Gasteiger partial charge in [0.1, 0.15) is 0 Å². The van der Waals surface area contributed by atoms with E-state index in [1.165, 1.54) is 0 Å². The van der Waals surface area contributed by atoms with Crippen molar-refractivity contribution < 1.29 is 8.42 Å². The highest BCUT2D eigenvalue weighted by Gasteiger charge is 2.30. The third kappa shape index (κ3) is 3.12. The largest absolute Gasteiger partial charge is 0.399 e. The number of benzene rings is 1. The molecule has 0 aliphatic carbocycles. The molecule has 0 radical (unpaired) electrons. The van der Waals surface area contributed by atoms with Crippen LogP contribution >= 0.6 is 15.9 Å². The Labute approximate surface area is 123 Å². The lowest BCUT2D eigenvalue weighted by molar-refractivity contribution is 0.269. The minimum atomic E-state index is -3.41. The molecule has 1 saturated heterocycles. The van der Waals surface area contributed by atoms with Crippen LogP contribution in [0.2, 0.25) is 0 Å². The number of nitrogen functional groups attached to an aromatic ring is 1. The molecule has 0 bridgehead atoms. The minimum absolute atomic E-state index is 0.302. The molecule has 0 unspecified atom stereocenters. The lowest BCUT2D eigenvalue weighted by Crippen LogP contribution is -2.38. The van der Waals surface area contributed by atoms with E-state index in [9.17, 15) is 8.42 Å². The predicted octanol–water partition coefficient (Wildman–Crippen LogP) is 2.84. The fourth-order valence-electron chi connectivity index (χ4n) is 2.42. The first kappa shape index (κ1) is 14.8. The van der Waals surface area contributed by atoms with Crippen LogP contribution in [0.5, 0.6) is 0 Å². The van der Waals surface area contributed by atoms with Gasteiger partial charge in [0.15, 0.2) is 0 Å². The molecule has 4 nitrogen and oxygen atoms in total. The Morgan fingerprint density at radius 3 is 2.53 bits per heavy atom. The molecule has 0 amide bonds. The van der Waals surface area contributed by atoms with E-state index in [0.717, 1.165) is 19.3 Å². The molecule has 0 spiro atoms. The number of halogens is 1. The van der Waals surface area contributed by atoms with Crippen molar-refractivity contribution in [1.29, 1.82) is 0 Å². The van der Waals surface area contributed by atoms with Crippen LogP contribution in [-0.2, 0) is 10.0 Å². The first-order valence-electron chi connectivity index (χ1n) is 6.50. The molecule has 0 atom stereocenters. The van der Waals surface area contributed by atoms with Gasteiger partial charge in [-0.05, 0) is 52.9 Å². The molecule has 2 rings (SSSR count). The first-order chi connectivity index (χ1) is 8.95. The third-order valence-electron chi connectivity index (χ3n) is 3.72. The summed E-state index contributed by atoms with van der Waals surface area (Å²) in [6.45, 7) is 3.38. The van der Waals surface area contributed by atoms with Gasteiger partial charge in [-0.1, -0.05) is 13.3 Å². The maximum atomic E-state index is 12.6. The highest BCUT2D eigenvalue weighted by Crippen LogP contribution is 2.30. The maximum absolute atomic E-state index is 12.6. The van der Waals surface area contributed by atoms with E-state index in [4.69, 9.17) is 5.73 Å². The summed E-state index contributed by atoms with van der Waals surface area (Å²) in [7, 11) is -3.41. The molecule has 1 aromatic carbocycles. The Kier molecular flexibility index (Phi) is 4.53. The van der Waals surface area contributed by atoms with E-state index < -0.39 is 10.0 Å². The Bertz CT molecular complexity index is 552. The highest BCUT2D eigenvalue weighted by atomic mass is 79.9. The van der Waals surface area contributed by atoms with Gasteiger partial charge in [0.25, 0.3) is 0 Å². The van der Waals surface area contributed by atoms with Crippen molar-refractivity contribution >= 4 is 31.6 Å². The first-order valence-corrected chi connectivity index (χ1v) is 8.73. The summed E-state index contributed by atoms with van der Waals surface area (Å²) >= 11 is 3.29. The normalized spacial score (nSPS) is 18.6. The van der Waals surface area contributed by atoms with Crippen molar-refractivity contribution in [2.24, 2.45) is 5.92 Å². The molecular weight excluding hydrogens is 328 g/mol. The van der Waals surface area contributed by atoms with Crippen LogP contribution in [-0.4, -0.2) is 25.8 Å². The number of nitrogens with zero attached hydrogens (tertiary/aromatic N) is 1. The van der Waals surface area contributed by atoms with Crippen LogP contribution in [0.15, 0.2) is 27.6 Å². The van der Waals surface area contributed by atoms with Crippen molar-refractivity contribution in [3.05, 3.63) is 22.7 Å². The monoisotopic (exact) mass is 346 g/mol. The van der Waals surface area contributed by atoms with E-state index in [1.807, 2.05) is 0 Å². The predicted molar refractivity (Wildman–Crippen MR) is 80.3 cm³/mol. The van der Waals surface area contributed by atoms with E-state index in [1.54, 1.807) is 22.5 Å². The Hall–Kier alpha value is -0.590. The summed E-state index contributed by atoms with van der Waals surface area (Å²) in [5.74, 6) is 0.654. The van der Waals surface area contributed by atoms with E-state index >= 15 is 0 Å². The molecule has 0 saturated carbocycles. The SMILES string of the molecule is CCC1CCN(S(=O)(=O)c2ccc(N)cc2Br)CC1. The zero-order valence-electron chi connectivity index (χ0n) is 11.0. The quantitative estimate of drug-likeness (QED) is 0.856. The van der Waals surface area contributed by atoms with Crippen LogP contribution in [0.25, 0.3) is 0 Å². The molecule has 1 aliphatic heterocycles. The summed E-state index contributed by atoms with van der Waals surface area (Å²) in [6, 6.07) is 4.82. The van der Waals surface area contributed by atoms with Crippen molar-refractivity contribution in [3.8, 4) is 0 Å². The fraction of sp³-hybridized carbons (Fsp3) is 0.538. The summed E-state index contributed by atoms with van der Waals surface area (Å²) < 4.78 is 27.3. The molecule has 19 heavy (non-hydrogen) atoms. The zero-order valence-corrected chi connectivity index (χ0v) is 13.4. The van der Waals surface area contributed by atoms with Gasteiger partial charge < -0.3 is 5.73 Å². The number of nitrogens with two attached hydrogens (primary N) is 1. The summed E-state index contributed by atoms with van der Waals surface area (Å²) in [6.07, 6.45) is 3.02. The number of piperidine rings is 1. The third-order valence-corrected chi connectivity index (χ3v) is 6.60. The second-order valence-corrected chi connectivity index (χ2v) is 7.71.